The van der Waals surface area contributed by atoms with Gasteiger partial charge in [-0.1, -0.05) is 60.7 Å². The molecule has 2 aromatic rings. The first-order valence-electron chi connectivity index (χ1n) is 8.30. The Kier molecular flexibility index (Phi) is 5.46. The third-order valence-corrected chi connectivity index (χ3v) is 4.23. The molecule has 130 valence electrons. The minimum atomic E-state index is -0.745. The quantitative estimate of drug-likeness (QED) is 0.786. The second kappa shape index (κ2) is 7.94. The summed E-state index contributed by atoms with van der Waals surface area (Å²) >= 11 is 0. The molecule has 25 heavy (non-hydrogen) atoms. The molecule has 0 radical (unpaired) electrons. The van der Waals surface area contributed by atoms with Gasteiger partial charge in [-0.25, -0.2) is 4.79 Å². The predicted molar refractivity (Wildman–Crippen MR) is 92.4 cm³/mol. The number of carbonyl (C=O) groups is 2. The Bertz CT molecular complexity index is 717. The minimum Gasteiger partial charge on any atom is -0.459 e. The smallest absolute Gasteiger partial charge is 0.331 e. The number of hydrogen-bond acceptors (Lipinski definition) is 4. The maximum Gasteiger partial charge on any atom is 0.331 e. The van der Waals surface area contributed by atoms with Gasteiger partial charge in [0, 0.05) is 6.54 Å². The number of morpholine rings is 1. The van der Waals surface area contributed by atoms with Crippen LogP contribution in [-0.4, -0.2) is 35.5 Å². The number of benzene rings is 2. The molecule has 1 fully saturated rings. The number of rotatable bonds is 5. The predicted octanol–water partition coefficient (Wildman–Crippen LogP) is 2.55. The lowest BCUT2D eigenvalue weighted by Gasteiger charge is -2.38. The first-order valence-corrected chi connectivity index (χ1v) is 8.30. The Morgan fingerprint density at radius 2 is 1.68 bits per heavy atom. The lowest BCUT2D eigenvalue weighted by molar-refractivity contribution is -0.175. The molecular weight excluding hydrogens is 318 g/mol. The highest BCUT2D eigenvalue weighted by Gasteiger charge is 2.40. The molecule has 3 rings (SSSR count). The van der Waals surface area contributed by atoms with Gasteiger partial charge in [0.25, 0.3) is 0 Å². The van der Waals surface area contributed by atoms with E-state index in [1.165, 1.54) is 0 Å². The van der Waals surface area contributed by atoms with Gasteiger partial charge in [0.05, 0.1) is 6.10 Å². The summed E-state index contributed by atoms with van der Waals surface area (Å²) in [4.78, 5) is 26.5. The Labute approximate surface area is 147 Å². The van der Waals surface area contributed by atoms with Crippen LogP contribution in [0, 0.1) is 0 Å². The fourth-order valence-corrected chi connectivity index (χ4v) is 2.88. The largest absolute Gasteiger partial charge is 0.459 e. The van der Waals surface area contributed by atoms with Crippen LogP contribution in [0.2, 0.25) is 0 Å². The average Bonchev–Trinajstić information content (AvgIpc) is 2.65. The third kappa shape index (κ3) is 4.25. The molecule has 0 aromatic heterocycles. The van der Waals surface area contributed by atoms with Crippen molar-refractivity contribution in [1.29, 1.82) is 0 Å². The second-order valence-corrected chi connectivity index (χ2v) is 6.06. The molecule has 2 atom stereocenters. The number of ether oxygens (including phenoxy) is 2. The molecular formula is C20H21NO4. The molecule has 5 nitrogen and oxygen atoms in total. The second-order valence-electron chi connectivity index (χ2n) is 6.06. The van der Waals surface area contributed by atoms with E-state index in [-0.39, 0.29) is 19.1 Å². The van der Waals surface area contributed by atoms with Crippen LogP contribution in [0.15, 0.2) is 60.7 Å². The first-order chi connectivity index (χ1) is 12.1. The van der Waals surface area contributed by atoms with E-state index in [1.807, 2.05) is 60.7 Å². The van der Waals surface area contributed by atoms with Crippen molar-refractivity contribution in [3.8, 4) is 0 Å². The van der Waals surface area contributed by atoms with E-state index < -0.39 is 18.1 Å². The number of amides is 1. The summed E-state index contributed by atoms with van der Waals surface area (Å²) in [5, 5.41) is 0. The Morgan fingerprint density at radius 1 is 1.08 bits per heavy atom. The van der Waals surface area contributed by atoms with Crippen LogP contribution in [0.25, 0.3) is 0 Å². The molecule has 1 aliphatic heterocycles. The summed E-state index contributed by atoms with van der Waals surface area (Å²) < 4.78 is 10.9. The van der Waals surface area contributed by atoms with Crippen molar-refractivity contribution in [1.82, 2.24) is 4.90 Å². The van der Waals surface area contributed by atoms with Crippen molar-refractivity contribution in [3.05, 3.63) is 71.8 Å². The molecule has 1 amide bonds. The Balaban J connectivity index is 1.72. The monoisotopic (exact) mass is 339 g/mol. The van der Waals surface area contributed by atoms with E-state index in [9.17, 15) is 9.59 Å². The maximum atomic E-state index is 12.6. The summed E-state index contributed by atoms with van der Waals surface area (Å²) in [6, 6.07) is 18.3. The normalized spacial score (nSPS) is 20.4. The zero-order valence-corrected chi connectivity index (χ0v) is 14.1. The van der Waals surface area contributed by atoms with E-state index in [1.54, 1.807) is 11.8 Å². The van der Waals surface area contributed by atoms with Crippen molar-refractivity contribution in [2.75, 3.05) is 6.61 Å². The number of hydrogen-bond donors (Lipinski definition) is 0. The topological polar surface area (TPSA) is 55.8 Å². The molecule has 0 unspecified atom stereocenters. The fourth-order valence-electron chi connectivity index (χ4n) is 2.88. The standard InChI is InChI=1S/C20H21NO4/c1-15-19(20(23)25-13-17-10-6-3-7-11-17)21(18(22)14-24-15)12-16-8-4-2-5-9-16/h2-11,15,19H,12-14H2,1H3/t15-,19+/m1/s1. The van der Waals surface area contributed by atoms with Crippen LogP contribution >= 0.6 is 0 Å². The summed E-state index contributed by atoms with van der Waals surface area (Å²) in [6.45, 7) is 2.31. The van der Waals surface area contributed by atoms with E-state index >= 15 is 0 Å². The summed E-state index contributed by atoms with van der Waals surface area (Å²) in [5.41, 5.74) is 1.87. The van der Waals surface area contributed by atoms with E-state index in [4.69, 9.17) is 9.47 Å². The van der Waals surface area contributed by atoms with Gasteiger partial charge in [-0.2, -0.15) is 0 Å². The van der Waals surface area contributed by atoms with Crippen molar-refractivity contribution < 1.29 is 19.1 Å². The summed E-state index contributed by atoms with van der Waals surface area (Å²) in [6.07, 6.45) is -0.412. The highest BCUT2D eigenvalue weighted by atomic mass is 16.5. The zero-order valence-electron chi connectivity index (χ0n) is 14.1. The highest BCUT2D eigenvalue weighted by molar-refractivity contribution is 5.86. The van der Waals surface area contributed by atoms with Gasteiger partial charge in [0.1, 0.15) is 13.2 Å². The lowest BCUT2D eigenvalue weighted by Crippen LogP contribution is -2.57. The summed E-state index contributed by atoms with van der Waals surface area (Å²) in [7, 11) is 0. The van der Waals surface area contributed by atoms with E-state index in [0.717, 1.165) is 11.1 Å². The molecule has 1 heterocycles. The number of carbonyl (C=O) groups excluding carboxylic acids is 2. The highest BCUT2D eigenvalue weighted by Crippen LogP contribution is 2.20. The van der Waals surface area contributed by atoms with Gasteiger partial charge in [-0.05, 0) is 18.1 Å². The van der Waals surface area contributed by atoms with Gasteiger partial charge in [-0.15, -0.1) is 0 Å². The molecule has 0 N–H and O–H groups in total. The Hall–Kier alpha value is -2.66. The van der Waals surface area contributed by atoms with Gasteiger partial charge in [0.15, 0.2) is 6.04 Å². The number of nitrogens with zero attached hydrogens (tertiary/aromatic N) is 1. The fraction of sp³-hybridized carbons (Fsp3) is 0.300. The lowest BCUT2D eigenvalue weighted by atomic mass is 10.1. The third-order valence-electron chi connectivity index (χ3n) is 4.23. The van der Waals surface area contributed by atoms with Crippen molar-refractivity contribution in [2.45, 2.75) is 32.2 Å². The van der Waals surface area contributed by atoms with Crippen LogP contribution in [0.1, 0.15) is 18.1 Å². The van der Waals surface area contributed by atoms with Gasteiger partial charge < -0.3 is 14.4 Å². The van der Waals surface area contributed by atoms with Crippen LogP contribution in [-0.2, 0) is 32.2 Å². The first kappa shape index (κ1) is 17.2. The maximum absolute atomic E-state index is 12.6. The number of esters is 1. The minimum absolute atomic E-state index is 0.0174. The molecule has 0 spiro atoms. The van der Waals surface area contributed by atoms with Crippen molar-refractivity contribution >= 4 is 11.9 Å². The van der Waals surface area contributed by atoms with Crippen molar-refractivity contribution in [3.63, 3.8) is 0 Å². The molecule has 2 aromatic carbocycles. The molecule has 0 aliphatic carbocycles. The van der Waals surface area contributed by atoms with E-state index in [2.05, 4.69) is 0 Å². The average molecular weight is 339 g/mol. The molecule has 0 saturated carbocycles. The van der Waals surface area contributed by atoms with Crippen LogP contribution in [0.3, 0.4) is 0 Å². The van der Waals surface area contributed by atoms with Gasteiger partial charge >= 0.3 is 5.97 Å². The summed E-state index contributed by atoms with van der Waals surface area (Å²) in [5.74, 6) is -0.649. The molecule has 1 aliphatic rings. The van der Waals surface area contributed by atoms with Crippen LogP contribution in [0.5, 0.6) is 0 Å². The van der Waals surface area contributed by atoms with Crippen LogP contribution in [0.4, 0.5) is 0 Å². The van der Waals surface area contributed by atoms with Crippen molar-refractivity contribution in [2.24, 2.45) is 0 Å². The molecule has 0 bridgehead atoms. The Morgan fingerprint density at radius 3 is 2.32 bits per heavy atom. The molecule has 1 saturated heterocycles. The van der Waals surface area contributed by atoms with Crippen LogP contribution < -0.4 is 0 Å². The van der Waals surface area contributed by atoms with E-state index in [0.29, 0.717) is 6.54 Å². The SMILES string of the molecule is C[C@H]1OCC(=O)N(Cc2ccccc2)[C@@H]1C(=O)OCc1ccccc1. The molecule has 5 heteroatoms. The van der Waals surface area contributed by atoms with Gasteiger partial charge in [-0.3, -0.25) is 4.79 Å². The zero-order chi connectivity index (χ0) is 17.6. The van der Waals surface area contributed by atoms with Gasteiger partial charge in [0.2, 0.25) is 5.91 Å².